The first-order chi connectivity index (χ1) is 6.27. The zero-order chi connectivity index (χ0) is 9.26. The highest BCUT2D eigenvalue weighted by Gasteiger charge is 2.15. The van der Waals surface area contributed by atoms with Gasteiger partial charge in [0.2, 0.25) is 0 Å². The van der Waals surface area contributed by atoms with Crippen molar-refractivity contribution in [2.75, 3.05) is 0 Å². The molecule has 13 heavy (non-hydrogen) atoms. The molecule has 66 valence electrons. The predicted molar refractivity (Wildman–Crippen MR) is 48.5 cm³/mol. The summed E-state index contributed by atoms with van der Waals surface area (Å²) in [6, 6.07) is 6.51. The zero-order valence-corrected chi connectivity index (χ0v) is 8.08. The van der Waals surface area contributed by atoms with Crippen molar-refractivity contribution >= 4 is 21.7 Å². The van der Waals surface area contributed by atoms with Crippen LogP contribution in [0.25, 0.3) is 0 Å². The summed E-state index contributed by atoms with van der Waals surface area (Å²) in [6.45, 7) is 0. The number of ketones is 1. The van der Waals surface area contributed by atoms with Crippen LogP contribution in [0.1, 0.15) is 16.3 Å². The number of hydrogen-bond acceptors (Lipinski definition) is 3. The molecule has 0 saturated carbocycles. The molecule has 0 aromatic carbocycles. The molecule has 0 aliphatic rings. The van der Waals surface area contributed by atoms with Crippen LogP contribution in [0.3, 0.4) is 0 Å². The lowest BCUT2D eigenvalue weighted by Crippen LogP contribution is -1.96. The molecule has 0 spiro atoms. The van der Waals surface area contributed by atoms with Gasteiger partial charge in [-0.3, -0.25) is 4.79 Å². The second kappa shape index (κ2) is 3.22. The van der Waals surface area contributed by atoms with Crippen LogP contribution >= 0.6 is 15.9 Å². The van der Waals surface area contributed by atoms with Crippen LogP contribution in [0, 0.1) is 0 Å². The molecule has 2 rings (SSSR count). The molecule has 2 aromatic rings. The second-order valence-electron chi connectivity index (χ2n) is 2.41. The van der Waals surface area contributed by atoms with Crippen molar-refractivity contribution in [1.29, 1.82) is 0 Å². The van der Waals surface area contributed by atoms with E-state index in [1.54, 1.807) is 24.3 Å². The van der Waals surface area contributed by atoms with Gasteiger partial charge in [-0.25, -0.2) is 0 Å². The average Bonchev–Trinajstić information content (AvgIpc) is 2.72. The molecule has 0 amide bonds. The van der Waals surface area contributed by atoms with Gasteiger partial charge in [0.15, 0.2) is 16.2 Å². The summed E-state index contributed by atoms with van der Waals surface area (Å²) in [7, 11) is 0. The van der Waals surface area contributed by atoms with E-state index >= 15 is 0 Å². The molecule has 2 aromatic heterocycles. The number of halogens is 1. The van der Waals surface area contributed by atoms with Crippen molar-refractivity contribution in [1.82, 2.24) is 0 Å². The first-order valence-electron chi connectivity index (χ1n) is 3.61. The maximum absolute atomic E-state index is 11.5. The summed E-state index contributed by atoms with van der Waals surface area (Å²) in [5.74, 6) is 0.291. The van der Waals surface area contributed by atoms with Crippen LogP contribution in [-0.2, 0) is 0 Å². The predicted octanol–water partition coefficient (Wildman–Crippen LogP) is 2.87. The summed E-state index contributed by atoms with van der Waals surface area (Å²) in [6.07, 6.45) is 1.45. The summed E-state index contributed by atoms with van der Waals surface area (Å²) in [5, 5.41) is 0. The molecule has 0 atom stereocenters. The van der Waals surface area contributed by atoms with E-state index in [9.17, 15) is 4.79 Å². The maximum Gasteiger partial charge on any atom is 0.263 e. The van der Waals surface area contributed by atoms with E-state index in [2.05, 4.69) is 15.9 Å². The lowest BCUT2D eigenvalue weighted by atomic mass is 10.2. The Morgan fingerprint density at radius 1 is 1.23 bits per heavy atom. The molecule has 0 radical (unpaired) electrons. The van der Waals surface area contributed by atoms with Gasteiger partial charge in [-0.1, -0.05) is 0 Å². The summed E-state index contributed by atoms with van der Waals surface area (Å²) >= 11 is 3.11. The maximum atomic E-state index is 11.5. The Hall–Kier alpha value is -1.29. The van der Waals surface area contributed by atoms with Crippen LogP contribution < -0.4 is 0 Å². The fourth-order valence-corrected chi connectivity index (χ4v) is 1.27. The standard InChI is InChI=1S/C9H5BrO3/c10-8-4-3-7(13-8)9(11)6-2-1-5-12-6/h1-5H. The van der Waals surface area contributed by atoms with Crippen molar-refractivity contribution in [2.45, 2.75) is 0 Å². The minimum atomic E-state index is -0.254. The molecule has 0 aliphatic heterocycles. The van der Waals surface area contributed by atoms with Crippen molar-refractivity contribution in [3.63, 3.8) is 0 Å². The molecular weight excluding hydrogens is 236 g/mol. The van der Waals surface area contributed by atoms with Gasteiger partial charge in [0.25, 0.3) is 5.78 Å². The average molecular weight is 241 g/mol. The van der Waals surface area contributed by atoms with Crippen molar-refractivity contribution < 1.29 is 13.6 Å². The first-order valence-corrected chi connectivity index (χ1v) is 4.40. The minimum absolute atomic E-state index is 0.254. The highest BCUT2D eigenvalue weighted by Crippen LogP contribution is 2.17. The Morgan fingerprint density at radius 3 is 2.62 bits per heavy atom. The van der Waals surface area contributed by atoms with Crippen LogP contribution in [0.2, 0.25) is 0 Å². The third kappa shape index (κ3) is 1.58. The monoisotopic (exact) mass is 240 g/mol. The molecule has 0 bridgehead atoms. The lowest BCUT2D eigenvalue weighted by Gasteiger charge is -1.89. The molecule has 2 heterocycles. The van der Waals surface area contributed by atoms with Crippen molar-refractivity contribution in [3.8, 4) is 0 Å². The first kappa shape index (κ1) is 8.31. The Kier molecular flexibility index (Phi) is 2.06. The molecule has 3 nitrogen and oxygen atoms in total. The SMILES string of the molecule is O=C(c1ccco1)c1ccc(Br)o1. The minimum Gasteiger partial charge on any atom is -0.461 e. The summed E-state index contributed by atoms with van der Waals surface area (Å²) in [5.41, 5.74) is 0. The molecule has 0 unspecified atom stereocenters. The fourth-order valence-electron chi connectivity index (χ4n) is 0.966. The highest BCUT2D eigenvalue weighted by atomic mass is 79.9. The Bertz CT molecular complexity index is 414. The summed E-state index contributed by atoms with van der Waals surface area (Å²) < 4.78 is 10.5. The van der Waals surface area contributed by atoms with Gasteiger partial charge < -0.3 is 8.83 Å². The van der Waals surface area contributed by atoms with Gasteiger partial charge in [0, 0.05) is 0 Å². The molecular formula is C9H5BrO3. The van der Waals surface area contributed by atoms with Crippen molar-refractivity contribution in [3.05, 3.63) is 46.7 Å². The Labute approximate surface area is 82.5 Å². The van der Waals surface area contributed by atoms with Gasteiger partial charge in [-0.15, -0.1) is 0 Å². The number of carbonyl (C=O) groups excluding carboxylic acids is 1. The molecule has 0 saturated heterocycles. The Balaban J connectivity index is 2.33. The van der Waals surface area contributed by atoms with E-state index in [-0.39, 0.29) is 17.3 Å². The van der Waals surface area contributed by atoms with E-state index in [0.717, 1.165) is 0 Å². The Morgan fingerprint density at radius 2 is 2.08 bits per heavy atom. The van der Waals surface area contributed by atoms with E-state index in [4.69, 9.17) is 8.83 Å². The van der Waals surface area contributed by atoms with Crippen LogP contribution in [-0.4, -0.2) is 5.78 Å². The largest absolute Gasteiger partial charge is 0.461 e. The molecule has 0 fully saturated rings. The van der Waals surface area contributed by atoms with Gasteiger partial charge >= 0.3 is 0 Å². The quantitative estimate of drug-likeness (QED) is 0.759. The second-order valence-corrected chi connectivity index (χ2v) is 3.19. The third-order valence-electron chi connectivity index (χ3n) is 1.54. The number of carbonyl (C=O) groups is 1. The lowest BCUT2D eigenvalue weighted by molar-refractivity contribution is 0.0982. The summed E-state index contributed by atoms with van der Waals surface area (Å²) in [4.78, 5) is 11.5. The van der Waals surface area contributed by atoms with Gasteiger partial charge in [0.1, 0.15) is 0 Å². The van der Waals surface area contributed by atoms with E-state index in [1.165, 1.54) is 6.26 Å². The zero-order valence-electron chi connectivity index (χ0n) is 6.49. The number of hydrogen-bond donors (Lipinski definition) is 0. The topological polar surface area (TPSA) is 43.4 Å². The van der Waals surface area contributed by atoms with Gasteiger partial charge in [0.05, 0.1) is 6.26 Å². The van der Waals surface area contributed by atoms with Gasteiger partial charge in [-0.05, 0) is 40.2 Å². The number of rotatable bonds is 2. The molecule has 0 aliphatic carbocycles. The number of furan rings is 2. The van der Waals surface area contributed by atoms with Crippen LogP contribution in [0.4, 0.5) is 0 Å². The van der Waals surface area contributed by atoms with E-state index in [1.807, 2.05) is 0 Å². The third-order valence-corrected chi connectivity index (χ3v) is 1.97. The fraction of sp³-hybridized carbons (Fsp3) is 0. The smallest absolute Gasteiger partial charge is 0.263 e. The van der Waals surface area contributed by atoms with Crippen LogP contribution in [0.15, 0.2) is 44.0 Å². The van der Waals surface area contributed by atoms with E-state index < -0.39 is 0 Å². The van der Waals surface area contributed by atoms with Gasteiger partial charge in [-0.2, -0.15) is 0 Å². The van der Waals surface area contributed by atoms with Crippen molar-refractivity contribution in [2.24, 2.45) is 0 Å². The van der Waals surface area contributed by atoms with E-state index in [0.29, 0.717) is 4.67 Å². The van der Waals surface area contributed by atoms with Crippen LogP contribution in [0.5, 0.6) is 0 Å². The molecule has 0 N–H and O–H groups in total. The molecule has 4 heteroatoms. The normalized spacial score (nSPS) is 10.2. The highest BCUT2D eigenvalue weighted by molar-refractivity contribution is 9.10.